The third-order valence-corrected chi connectivity index (χ3v) is 7.19. The standard InChI is InChI=1S/C22H27N3O3/c1-13-18(24-10-7-14(11-24)22(23-2)8-9-22)6-5-16-19(13)25(15-3-4-15)12-17(20(16)26)21(27)28/h5-6,12,14-15,23H,3-4,7-11H2,1-2H3,(H,27,28)/t14-/m1/s1. The maximum Gasteiger partial charge on any atom is 0.341 e. The highest BCUT2D eigenvalue weighted by Crippen LogP contribution is 2.47. The number of carbonyl (C=O) groups is 1. The highest BCUT2D eigenvalue weighted by molar-refractivity contribution is 5.95. The first-order valence-corrected chi connectivity index (χ1v) is 10.3. The summed E-state index contributed by atoms with van der Waals surface area (Å²) in [4.78, 5) is 26.8. The van der Waals surface area contributed by atoms with Gasteiger partial charge in [0.25, 0.3) is 0 Å². The number of anilines is 1. The summed E-state index contributed by atoms with van der Waals surface area (Å²) < 4.78 is 2.04. The first kappa shape index (κ1) is 17.7. The molecule has 1 saturated heterocycles. The van der Waals surface area contributed by atoms with Gasteiger partial charge in [0.1, 0.15) is 5.56 Å². The number of aromatic nitrogens is 1. The molecule has 3 aliphatic rings. The summed E-state index contributed by atoms with van der Waals surface area (Å²) in [6, 6.07) is 4.16. The lowest BCUT2D eigenvalue weighted by molar-refractivity contribution is 0.0695. The molecule has 0 radical (unpaired) electrons. The molecule has 0 unspecified atom stereocenters. The van der Waals surface area contributed by atoms with Crippen molar-refractivity contribution in [2.45, 2.75) is 50.6 Å². The van der Waals surface area contributed by atoms with Gasteiger partial charge < -0.3 is 19.9 Å². The zero-order valence-corrected chi connectivity index (χ0v) is 16.5. The molecule has 5 rings (SSSR count). The van der Waals surface area contributed by atoms with Crippen molar-refractivity contribution in [3.05, 3.63) is 39.7 Å². The molecular weight excluding hydrogens is 354 g/mol. The molecule has 2 aromatic rings. The summed E-state index contributed by atoms with van der Waals surface area (Å²) in [5, 5.41) is 13.5. The number of aromatic carboxylic acids is 1. The molecule has 2 N–H and O–H groups in total. The zero-order chi connectivity index (χ0) is 19.6. The predicted molar refractivity (Wildman–Crippen MR) is 110 cm³/mol. The van der Waals surface area contributed by atoms with E-state index < -0.39 is 5.97 Å². The third-order valence-electron chi connectivity index (χ3n) is 7.19. The van der Waals surface area contributed by atoms with E-state index in [9.17, 15) is 14.7 Å². The Hall–Kier alpha value is -2.34. The van der Waals surface area contributed by atoms with Gasteiger partial charge in [-0.3, -0.25) is 4.79 Å². The van der Waals surface area contributed by atoms with Crippen molar-refractivity contribution in [3.8, 4) is 0 Å². The van der Waals surface area contributed by atoms with Crippen molar-refractivity contribution < 1.29 is 9.90 Å². The first-order chi connectivity index (χ1) is 13.4. The number of nitrogens with zero attached hydrogens (tertiary/aromatic N) is 2. The van der Waals surface area contributed by atoms with Gasteiger partial charge in [-0.05, 0) is 69.7 Å². The third kappa shape index (κ3) is 2.58. The number of nitrogens with one attached hydrogen (secondary N) is 1. The molecule has 1 aliphatic heterocycles. The Labute approximate surface area is 164 Å². The second-order valence-corrected chi connectivity index (χ2v) is 8.76. The molecule has 6 heteroatoms. The van der Waals surface area contributed by atoms with Crippen molar-refractivity contribution in [1.82, 2.24) is 9.88 Å². The topological polar surface area (TPSA) is 74.6 Å². The molecule has 2 heterocycles. The fourth-order valence-corrected chi connectivity index (χ4v) is 5.18. The number of hydrogen-bond donors (Lipinski definition) is 2. The molecule has 1 aromatic heterocycles. The van der Waals surface area contributed by atoms with Crippen molar-refractivity contribution in [3.63, 3.8) is 0 Å². The predicted octanol–water partition coefficient (Wildman–Crippen LogP) is 2.92. The van der Waals surface area contributed by atoms with Crippen LogP contribution in [0, 0.1) is 12.8 Å². The van der Waals surface area contributed by atoms with Crippen LogP contribution in [0.2, 0.25) is 0 Å². The summed E-state index contributed by atoms with van der Waals surface area (Å²) >= 11 is 0. The minimum Gasteiger partial charge on any atom is -0.477 e. The Morgan fingerprint density at radius 2 is 2.00 bits per heavy atom. The Kier molecular flexibility index (Phi) is 3.85. The molecule has 2 saturated carbocycles. The number of fused-ring (bicyclic) bond motifs is 1. The van der Waals surface area contributed by atoms with Crippen LogP contribution in [-0.4, -0.2) is 41.3 Å². The van der Waals surface area contributed by atoms with Crippen LogP contribution in [-0.2, 0) is 0 Å². The van der Waals surface area contributed by atoms with E-state index in [1.807, 2.05) is 16.7 Å². The summed E-state index contributed by atoms with van der Waals surface area (Å²) in [5.41, 5.74) is 3.00. The fourth-order valence-electron chi connectivity index (χ4n) is 5.18. The van der Waals surface area contributed by atoms with Crippen LogP contribution in [0.4, 0.5) is 5.69 Å². The van der Waals surface area contributed by atoms with E-state index in [1.165, 1.54) is 24.9 Å². The van der Waals surface area contributed by atoms with Crippen LogP contribution in [0.5, 0.6) is 0 Å². The monoisotopic (exact) mass is 381 g/mol. The lowest BCUT2D eigenvalue weighted by Crippen LogP contribution is -2.37. The van der Waals surface area contributed by atoms with E-state index in [0.717, 1.165) is 37.0 Å². The Bertz CT molecular complexity index is 1030. The average molecular weight is 381 g/mol. The SMILES string of the molecule is CNC1([C@@H]2CCN(c3ccc4c(=O)c(C(=O)O)cn(C5CC5)c4c3C)C2)CC1. The van der Waals surface area contributed by atoms with E-state index in [1.54, 1.807) is 6.20 Å². The zero-order valence-electron chi connectivity index (χ0n) is 16.5. The molecule has 3 fully saturated rings. The molecule has 1 aromatic carbocycles. The minimum absolute atomic E-state index is 0.127. The summed E-state index contributed by atoms with van der Waals surface area (Å²) in [7, 11) is 2.07. The van der Waals surface area contributed by atoms with Gasteiger partial charge in [-0.1, -0.05) is 0 Å². The van der Waals surface area contributed by atoms with Crippen molar-refractivity contribution in [1.29, 1.82) is 0 Å². The molecule has 6 nitrogen and oxygen atoms in total. The lowest BCUT2D eigenvalue weighted by Gasteiger charge is -2.26. The van der Waals surface area contributed by atoms with E-state index in [0.29, 0.717) is 22.9 Å². The molecule has 0 bridgehead atoms. The summed E-state index contributed by atoms with van der Waals surface area (Å²) in [6.07, 6.45) is 7.35. The second-order valence-electron chi connectivity index (χ2n) is 8.76. The Balaban J connectivity index is 1.60. The quantitative estimate of drug-likeness (QED) is 0.833. The van der Waals surface area contributed by atoms with Crippen LogP contribution in [0.15, 0.2) is 23.1 Å². The van der Waals surface area contributed by atoms with Crippen molar-refractivity contribution in [2.24, 2.45) is 5.92 Å². The van der Waals surface area contributed by atoms with E-state index >= 15 is 0 Å². The molecule has 28 heavy (non-hydrogen) atoms. The van der Waals surface area contributed by atoms with Crippen molar-refractivity contribution in [2.75, 3.05) is 25.0 Å². The van der Waals surface area contributed by atoms with Crippen molar-refractivity contribution >= 4 is 22.6 Å². The number of carboxylic acids is 1. The molecule has 148 valence electrons. The van der Waals surface area contributed by atoms with Gasteiger partial charge in [-0.2, -0.15) is 0 Å². The fraction of sp³-hybridized carbons (Fsp3) is 0.545. The maximum absolute atomic E-state index is 12.8. The first-order valence-electron chi connectivity index (χ1n) is 10.3. The van der Waals surface area contributed by atoms with Crippen LogP contribution in [0.1, 0.15) is 54.1 Å². The van der Waals surface area contributed by atoms with Gasteiger partial charge in [-0.15, -0.1) is 0 Å². The minimum atomic E-state index is -1.15. The largest absolute Gasteiger partial charge is 0.477 e. The number of benzene rings is 1. The highest BCUT2D eigenvalue weighted by atomic mass is 16.4. The maximum atomic E-state index is 12.8. The average Bonchev–Trinajstić information content (AvgIpc) is 3.61. The molecule has 1 atom stereocenters. The molecule has 2 aliphatic carbocycles. The van der Waals surface area contributed by atoms with E-state index in [2.05, 4.69) is 24.2 Å². The number of hydrogen-bond acceptors (Lipinski definition) is 4. The van der Waals surface area contributed by atoms with Gasteiger partial charge >= 0.3 is 5.97 Å². The number of pyridine rings is 1. The highest BCUT2D eigenvalue weighted by Gasteiger charge is 2.50. The van der Waals surface area contributed by atoms with Gasteiger partial charge in [0, 0.05) is 41.9 Å². The van der Waals surface area contributed by atoms with E-state index in [4.69, 9.17) is 0 Å². The van der Waals surface area contributed by atoms with Gasteiger partial charge in [0.15, 0.2) is 0 Å². The lowest BCUT2D eigenvalue weighted by atomic mass is 9.96. The van der Waals surface area contributed by atoms with Gasteiger partial charge in [0.05, 0.1) is 5.52 Å². The Morgan fingerprint density at radius 1 is 1.25 bits per heavy atom. The number of rotatable bonds is 5. The van der Waals surface area contributed by atoms with Crippen LogP contribution in [0.25, 0.3) is 10.9 Å². The normalized spacial score (nSPS) is 23.4. The summed E-state index contributed by atoms with van der Waals surface area (Å²) in [6.45, 7) is 4.14. The molecule has 0 spiro atoms. The Morgan fingerprint density at radius 3 is 2.61 bits per heavy atom. The molecular formula is C22H27N3O3. The molecule has 0 amide bonds. The second kappa shape index (κ2) is 6.08. The smallest absolute Gasteiger partial charge is 0.341 e. The summed E-state index contributed by atoms with van der Waals surface area (Å²) in [5.74, 6) is -0.486. The van der Waals surface area contributed by atoms with Crippen LogP contribution in [0.3, 0.4) is 0 Å². The number of aryl methyl sites for hydroxylation is 1. The number of carboxylic acid groups (broad SMARTS) is 1. The van der Waals surface area contributed by atoms with Crippen LogP contribution >= 0.6 is 0 Å². The van der Waals surface area contributed by atoms with E-state index in [-0.39, 0.29) is 11.0 Å². The van der Waals surface area contributed by atoms with Gasteiger partial charge in [-0.25, -0.2) is 4.79 Å². The van der Waals surface area contributed by atoms with Crippen LogP contribution < -0.4 is 15.6 Å². The van der Waals surface area contributed by atoms with Gasteiger partial charge in [0.2, 0.25) is 5.43 Å².